The van der Waals surface area contributed by atoms with E-state index in [2.05, 4.69) is 12.1 Å². The SMILES string of the molecule is O=C(NO)[C@H]1C(C2CCOCC2)N(C(=O)O)CC[C@@H]1C(=O)N1CCC(c2ccccc2)CC1. The van der Waals surface area contributed by atoms with Crippen molar-refractivity contribution in [1.29, 1.82) is 0 Å². The Bertz CT molecular complexity index is 836. The standard InChI is InChI=1S/C24H33N3O6/c28-22(25-32)20-19(8-13-27(24(30)31)21(20)18-9-14-33-15-10-18)23(29)26-11-6-17(7-12-26)16-4-2-1-3-5-16/h1-5,17-21,32H,6-15H2,(H,25,28)(H,30,31)/t19-,20+,21?/m0/s1. The summed E-state index contributed by atoms with van der Waals surface area (Å²) in [5.41, 5.74) is 2.99. The molecule has 0 aromatic heterocycles. The van der Waals surface area contributed by atoms with Crippen LogP contribution in [0.3, 0.4) is 0 Å². The van der Waals surface area contributed by atoms with Gasteiger partial charge in [0.05, 0.1) is 17.9 Å². The summed E-state index contributed by atoms with van der Waals surface area (Å²) in [5, 5.41) is 19.3. The van der Waals surface area contributed by atoms with Crippen LogP contribution in [-0.4, -0.2) is 76.9 Å². The molecule has 3 saturated heterocycles. The van der Waals surface area contributed by atoms with E-state index in [1.165, 1.54) is 10.5 Å². The second kappa shape index (κ2) is 10.5. The van der Waals surface area contributed by atoms with Crippen molar-refractivity contribution in [1.82, 2.24) is 15.3 Å². The van der Waals surface area contributed by atoms with Crippen LogP contribution in [0, 0.1) is 17.8 Å². The van der Waals surface area contributed by atoms with Gasteiger partial charge in [0, 0.05) is 32.8 Å². The Hall–Kier alpha value is -2.65. The average molecular weight is 460 g/mol. The Morgan fingerprint density at radius 2 is 1.61 bits per heavy atom. The molecule has 9 nitrogen and oxygen atoms in total. The van der Waals surface area contributed by atoms with E-state index in [1.807, 2.05) is 23.1 Å². The lowest BCUT2D eigenvalue weighted by Gasteiger charge is -2.48. The average Bonchev–Trinajstić information content (AvgIpc) is 2.88. The minimum absolute atomic E-state index is 0.100. The van der Waals surface area contributed by atoms with Crippen molar-refractivity contribution >= 4 is 17.9 Å². The summed E-state index contributed by atoms with van der Waals surface area (Å²) in [6.45, 7) is 2.39. The number of likely N-dealkylation sites (tertiary alicyclic amines) is 2. The van der Waals surface area contributed by atoms with Gasteiger partial charge in [-0.05, 0) is 49.5 Å². The summed E-state index contributed by atoms with van der Waals surface area (Å²) >= 11 is 0. The molecule has 180 valence electrons. The topological polar surface area (TPSA) is 119 Å². The van der Waals surface area contributed by atoms with E-state index < -0.39 is 29.9 Å². The monoisotopic (exact) mass is 459 g/mol. The van der Waals surface area contributed by atoms with Crippen LogP contribution < -0.4 is 5.48 Å². The van der Waals surface area contributed by atoms with Gasteiger partial charge in [-0.2, -0.15) is 0 Å². The molecule has 1 unspecified atom stereocenters. The van der Waals surface area contributed by atoms with Crippen LogP contribution in [0.5, 0.6) is 0 Å². The number of hydrogen-bond donors (Lipinski definition) is 3. The number of benzene rings is 1. The first kappa shape index (κ1) is 23.5. The molecule has 4 rings (SSSR count). The normalized spacial score (nSPS) is 27.2. The zero-order valence-corrected chi connectivity index (χ0v) is 18.8. The van der Waals surface area contributed by atoms with E-state index >= 15 is 0 Å². The maximum absolute atomic E-state index is 13.6. The highest BCUT2D eigenvalue weighted by Gasteiger charge is 2.51. The predicted octanol–water partition coefficient (Wildman–Crippen LogP) is 2.31. The lowest BCUT2D eigenvalue weighted by molar-refractivity contribution is -0.154. The van der Waals surface area contributed by atoms with Crippen LogP contribution >= 0.6 is 0 Å². The van der Waals surface area contributed by atoms with E-state index in [9.17, 15) is 24.7 Å². The molecule has 3 amide bonds. The third kappa shape index (κ3) is 4.99. The maximum Gasteiger partial charge on any atom is 0.407 e. The lowest BCUT2D eigenvalue weighted by atomic mass is 9.71. The molecular formula is C24H33N3O6. The van der Waals surface area contributed by atoms with Crippen LogP contribution in [0.2, 0.25) is 0 Å². The molecule has 0 spiro atoms. The van der Waals surface area contributed by atoms with Crippen LogP contribution in [0.4, 0.5) is 4.79 Å². The van der Waals surface area contributed by atoms with Gasteiger partial charge in [0.2, 0.25) is 11.8 Å². The number of ether oxygens (including phenoxy) is 1. The highest BCUT2D eigenvalue weighted by Crippen LogP contribution is 2.39. The number of amides is 3. The van der Waals surface area contributed by atoms with Crippen molar-refractivity contribution in [2.75, 3.05) is 32.8 Å². The summed E-state index contributed by atoms with van der Waals surface area (Å²) in [4.78, 5) is 41.6. The Labute approximate surface area is 193 Å². The summed E-state index contributed by atoms with van der Waals surface area (Å²) < 4.78 is 5.43. The molecule has 1 aromatic rings. The van der Waals surface area contributed by atoms with Crippen LogP contribution in [0.1, 0.15) is 43.6 Å². The van der Waals surface area contributed by atoms with Gasteiger partial charge < -0.3 is 19.6 Å². The van der Waals surface area contributed by atoms with Gasteiger partial charge in [-0.15, -0.1) is 0 Å². The molecule has 33 heavy (non-hydrogen) atoms. The fraction of sp³-hybridized carbons (Fsp3) is 0.625. The van der Waals surface area contributed by atoms with E-state index in [4.69, 9.17) is 4.74 Å². The number of rotatable bonds is 4. The zero-order valence-electron chi connectivity index (χ0n) is 18.8. The highest BCUT2D eigenvalue weighted by molar-refractivity contribution is 5.88. The summed E-state index contributed by atoms with van der Waals surface area (Å²) in [6, 6.07) is 9.61. The number of carbonyl (C=O) groups excluding carboxylic acids is 2. The Morgan fingerprint density at radius 1 is 0.939 bits per heavy atom. The summed E-state index contributed by atoms with van der Waals surface area (Å²) in [5.74, 6) is -2.09. The minimum atomic E-state index is -1.10. The molecule has 3 aliphatic heterocycles. The van der Waals surface area contributed by atoms with Gasteiger partial charge in [-0.1, -0.05) is 30.3 Å². The van der Waals surface area contributed by atoms with Crippen molar-refractivity contribution < 1.29 is 29.4 Å². The maximum atomic E-state index is 13.6. The van der Waals surface area contributed by atoms with Gasteiger partial charge in [0.15, 0.2) is 0 Å². The van der Waals surface area contributed by atoms with Crippen molar-refractivity contribution in [3.05, 3.63) is 35.9 Å². The molecule has 3 N–H and O–H groups in total. The zero-order chi connectivity index (χ0) is 23.4. The smallest absolute Gasteiger partial charge is 0.407 e. The highest BCUT2D eigenvalue weighted by atomic mass is 16.5. The Morgan fingerprint density at radius 3 is 2.21 bits per heavy atom. The van der Waals surface area contributed by atoms with Gasteiger partial charge in [-0.3, -0.25) is 14.8 Å². The molecule has 3 atom stereocenters. The van der Waals surface area contributed by atoms with Gasteiger partial charge in [-0.25, -0.2) is 10.3 Å². The van der Waals surface area contributed by atoms with Crippen molar-refractivity contribution in [3.63, 3.8) is 0 Å². The van der Waals surface area contributed by atoms with Crippen molar-refractivity contribution in [2.24, 2.45) is 17.8 Å². The number of carboxylic acid groups (broad SMARTS) is 1. The third-order valence-electron chi connectivity index (χ3n) is 7.64. The van der Waals surface area contributed by atoms with E-state index in [-0.39, 0.29) is 24.8 Å². The molecule has 1 aromatic carbocycles. The molecule has 3 fully saturated rings. The van der Waals surface area contributed by atoms with E-state index in [0.717, 1.165) is 12.8 Å². The van der Waals surface area contributed by atoms with Crippen LogP contribution in [-0.2, 0) is 14.3 Å². The van der Waals surface area contributed by atoms with E-state index in [0.29, 0.717) is 45.1 Å². The minimum Gasteiger partial charge on any atom is -0.465 e. The number of nitrogens with one attached hydrogen (secondary N) is 1. The third-order valence-corrected chi connectivity index (χ3v) is 7.64. The second-order valence-corrected chi connectivity index (χ2v) is 9.32. The predicted molar refractivity (Wildman–Crippen MR) is 119 cm³/mol. The summed E-state index contributed by atoms with van der Waals surface area (Å²) in [7, 11) is 0. The molecule has 0 radical (unpaired) electrons. The molecular weight excluding hydrogens is 426 g/mol. The second-order valence-electron chi connectivity index (χ2n) is 9.32. The Balaban J connectivity index is 1.52. The molecule has 3 heterocycles. The van der Waals surface area contributed by atoms with E-state index in [1.54, 1.807) is 5.48 Å². The van der Waals surface area contributed by atoms with Gasteiger partial charge >= 0.3 is 6.09 Å². The molecule has 9 heteroatoms. The summed E-state index contributed by atoms with van der Waals surface area (Å²) in [6.07, 6.45) is 2.10. The van der Waals surface area contributed by atoms with Crippen molar-refractivity contribution in [2.45, 2.75) is 44.1 Å². The number of piperidine rings is 2. The fourth-order valence-electron chi connectivity index (χ4n) is 5.95. The largest absolute Gasteiger partial charge is 0.465 e. The molecule has 0 bridgehead atoms. The van der Waals surface area contributed by atoms with Gasteiger partial charge in [0.1, 0.15) is 0 Å². The first-order valence-corrected chi connectivity index (χ1v) is 11.9. The van der Waals surface area contributed by atoms with Crippen molar-refractivity contribution in [3.8, 4) is 0 Å². The number of hydroxylamine groups is 1. The first-order chi connectivity index (χ1) is 16.0. The van der Waals surface area contributed by atoms with Gasteiger partial charge in [0.25, 0.3) is 0 Å². The molecule has 0 saturated carbocycles. The van der Waals surface area contributed by atoms with Crippen LogP contribution in [0.15, 0.2) is 30.3 Å². The molecule has 3 aliphatic rings. The van der Waals surface area contributed by atoms with Crippen LogP contribution in [0.25, 0.3) is 0 Å². The number of nitrogens with zero attached hydrogens (tertiary/aromatic N) is 2. The lowest BCUT2D eigenvalue weighted by Crippen LogP contribution is -2.61. The Kier molecular flexibility index (Phi) is 7.49. The number of hydrogen-bond acceptors (Lipinski definition) is 5. The fourth-order valence-corrected chi connectivity index (χ4v) is 5.95. The quantitative estimate of drug-likeness (QED) is 0.470. The molecule has 0 aliphatic carbocycles. The first-order valence-electron chi connectivity index (χ1n) is 11.9. The number of carbonyl (C=O) groups is 3.